The van der Waals surface area contributed by atoms with Gasteiger partial charge in [0.1, 0.15) is 11.3 Å². The molecule has 0 radical (unpaired) electrons. The Hall–Kier alpha value is -3.35. The molecule has 1 aliphatic heterocycles. The molecule has 1 atom stereocenters. The number of carbonyl (C=O) groups is 2. The number of ether oxygens (including phenoxy) is 1. The molecule has 0 bridgehead atoms. The Balaban J connectivity index is 1.27. The standard InChI is InChI=1S/C21H19N3O4/c25-19(20(26)23-15-9-10-27-17-4-2-1-3-14(15)17)22-13-7-8-18-16(11-13)24-21(28-18)12-5-6-12/h1-4,7-8,11-12,15H,5-6,9-10H2,(H,22,25)(H,23,26)/t15-/m0/s1. The molecule has 2 aliphatic rings. The van der Waals surface area contributed by atoms with Crippen LogP contribution in [-0.2, 0) is 9.59 Å². The van der Waals surface area contributed by atoms with Gasteiger partial charge in [0.15, 0.2) is 11.5 Å². The average Bonchev–Trinajstić information content (AvgIpc) is 3.47. The monoisotopic (exact) mass is 377 g/mol. The number of benzene rings is 2. The third-order valence-electron chi connectivity index (χ3n) is 5.06. The molecular formula is C21H19N3O4. The van der Waals surface area contributed by atoms with E-state index < -0.39 is 11.8 Å². The molecule has 1 saturated carbocycles. The van der Waals surface area contributed by atoms with Crippen LogP contribution in [0.3, 0.4) is 0 Å². The van der Waals surface area contributed by atoms with E-state index in [0.29, 0.717) is 35.7 Å². The van der Waals surface area contributed by atoms with Crippen LogP contribution >= 0.6 is 0 Å². The van der Waals surface area contributed by atoms with E-state index in [1.54, 1.807) is 18.2 Å². The van der Waals surface area contributed by atoms with Crippen molar-refractivity contribution in [3.63, 3.8) is 0 Å². The number of aromatic nitrogens is 1. The van der Waals surface area contributed by atoms with Gasteiger partial charge in [0.05, 0.1) is 12.6 Å². The lowest BCUT2D eigenvalue weighted by Crippen LogP contribution is -2.39. The van der Waals surface area contributed by atoms with Crippen LogP contribution < -0.4 is 15.4 Å². The second kappa shape index (κ2) is 6.67. The van der Waals surface area contributed by atoms with Gasteiger partial charge in [-0.2, -0.15) is 0 Å². The molecule has 2 heterocycles. The Labute approximate surface area is 161 Å². The van der Waals surface area contributed by atoms with Crippen LogP contribution in [0.25, 0.3) is 11.1 Å². The van der Waals surface area contributed by atoms with Crippen molar-refractivity contribution >= 4 is 28.6 Å². The maximum absolute atomic E-state index is 12.4. The zero-order valence-electron chi connectivity index (χ0n) is 15.1. The number of amides is 2. The highest BCUT2D eigenvalue weighted by molar-refractivity contribution is 6.39. The van der Waals surface area contributed by atoms with Crippen LogP contribution in [0.1, 0.15) is 42.7 Å². The molecule has 28 heavy (non-hydrogen) atoms. The molecule has 7 heteroatoms. The van der Waals surface area contributed by atoms with Crippen LogP contribution in [0.2, 0.25) is 0 Å². The number of oxazole rings is 1. The Kier molecular flexibility index (Phi) is 4.00. The van der Waals surface area contributed by atoms with Crippen molar-refractivity contribution in [3.8, 4) is 5.75 Å². The van der Waals surface area contributed by atoms with Crippen LogP contribution in [-0.4, -0.2) is 23.4 Å². The fraction of sp³-hybridized carbons (Fsp3) is 0.286. The molecule has 0 unspecified atom stereocenters. The maximum atomic E-state index is 12.4. The van der Waals surface area contributed by atoms with Crippen molar-refractivity contribution in [1.82, 2.24) is 10.3 Å². The van der Waals surface area contributed by atoms with E-state index in [0.717, 1.165) is 30.0 Å². The summed E-state index contributed by atoms with van der Waals surface area (Å²) in [5.74, 6) is 0.505. The van der Waals surface area contributed by atoms with Crippen LogP contribution in [0.4, 0.5) is 5.69 Å². The minimum Gasteiger partial charge on any atom is -0.493 e. The fourth-order valence-corrected chi connectivity index (χ4v) is 3.43. The molecule has 1 aliphatic carbocycles. The summed E-state index contributed by atoms with van der Waals surface area (Å²) in [5.41, 5.74) is 2.75. The number of para-hydroxylation sites is 1. The van der Waals surface area contributed by atoms with Gasteiger partial charge in [-0.15, -0.1) is 0 Å². The van der Waals surface area contributed by atoms with Gasteiger partial charge < -0.3 is 19.8 Å². The molecule has 142 valence electrons. The van der Waals surface area contributed by atoms with Gasteiger partial charge in [0.25, 0.3) is 0 Å². The van der Waals surface area contributed by atoms with Crippen LogP contribution in [0, 0.1) is 0 Å². The number of carbonyl (C=O) groups excluding carboxylic acids is 2. The van der Waals surface area contributed by atoms with Gasteiger partial charge in [-0.05, 0) is 37.1 Å². The second-order valence-electron chi connectivity index (χ2n) is 7.16. The molecule has 2 aromatic carbocycles. The predicted molar refractivity (Wildman–Crippen MR) is 102 cm³/mol. The fourth-order valence-electron chi connectivity index (χ4n) is 3.43. The third-order valence-corrected chi connectivity index (χ3v) is 5.06. The SMILES string of the molecule is O=C(Nc1ccc2oc(C3CC3)nc2c1)C(=O)N[C@H]1CCOc2ccccc21. The summed E-state index contributed by atoms with van der Waals surface area (Å²) < 4.78 is 11.3. The number of nitrogens with zero attached hydrogens (tertiary/aromatic N) is 1. The Morgan fingerprint density at radius 3 is 2.75 bits per heavy atom. The van der Waals surface area contributed by atoms with Crippen molar-refractivity contribution < 1.29 is 18.7 Å². The van der Waals surface area contributed by atoms with Crippen molar-refractivity contribution in [3.05, 3.63) is 53.9 Å². The largest absolute Gasteiger partial charge is 0.493 e. The molecule has 2 N–H and O–H groups in total. The van der Waals surface area contributed by atoms with Crippen LogP contribution in [0.5, 0.6) is 5.75 Å². The van der Waals surface area contributed by atoms with Gasteiger partial charge in [0, 0.05) is 23.6 Å². The maximum Gasteiger partial charge on any atom is 0.313 e. The summed E-state index contributed by atoms with van der Waals surface area (Å²) in [6.07, 6.45) is 2.82. The topological polar surface area (TPSA) is 93.5 Å². The highest BCUT2D eigenvalue weighted by Gasteiger charge is 2.29. The number of nitrogens with one attached hydrogen (secondary N) is 2. The van der Waals surface area contributed by atoms with Gasteiger partial charge in [-0.3, -0.25) is 9.59 Å². The quantitative estimate of drug-likeness (QED) is 0.683. The van der Waals surface area contributed by atoms with Crippen LogP contribution in [0.15, 0.2) is 46.9 Å². The van der Waals surface area contributed by atoms with E-state index in [-0.39, 0.29) is 6.04 Å². The van der Waals surface area contributed by atoms with E-state index in [2.05, 4.69) is 15.6 Å². The summed E-state index contributed by atoms with van der Waals surface area (Å²) in [4.78, 5) is 29.2. The summed E-state index contributed by atoms with van der Waals surface area (Å²) in [5, 5.41) is 5.43. The Bertz CT molecular complexity index is 1070. The van der Waals surface area contributed by atoms with E-state index >= 15 is 0 Å². The zero-order chi connectivity index (χ0) is 19.1. The summed E-state index contributed by atoms with van der Waals surface area (Å²) in [6.45, 7) is 0.496. The normalized spacial score (nSPS) is 18.2. The molecule has 7 nitrogen and oxygen atoms in total. The lowest BCUT2D eigenvalue weighted by atomic mass is 10.0. The molecule has 0 saturated heterocycles. The van der Waals surface area contributed by atoms with E-state index in [4.69, 9.17) is 9.15 Å². The number of anilines is 1. The van der Waals surface area contributed by atoms with Gasteiger partial charge in [0.2, 0.25) is 0 Å². The third kappa shape index (κ3) is 3.19. The Morgan fingerprint density at radius 1 is 1.04 bits per heavy atom. The Morgan fingerprint density at radius 2 is 1.89 bits per heavy atom. The first kappa shape index (κ1) is 16.8. The predicted octanol–water partition coefficient (Wildman–Crippen LogP) is 3.28. The lowest BCUT2D eigenvalue weighted by Gasteiger charge is -2.26. The molecule has 2 amide bonds. The first-order valence-electron chi connectivity index (χ1n) is 9.41. The van der Waals surface area contributed by atoms with E-state index in [9.17, 15) is 9.59 Å². The highest BCUT2D eigenvalue weighted by Crippen LogP contribution is 2.40. The summed E-state index contributed by atoms with van der Waals surface area (Å²) in [6, 6.07) is 12.5. The summed E-state index contributed by atoms with van der Waals surface area (Å²) in [7, 11) is 0. The number of rotatable bonds is 3. The van der Waals surface area contributed by atoms with Gasteiger partial charge in [-0.25, -0.2) is 4.98 Å². The van der Waals surface area contributed by atoms with Crippen molar-refractivity contribution in [2.24, 2.45) is 0 Å². The van der Waals surface area contributed by atoms with Crippen molar-refractivity contribution in [2.75, 3.05) is 11.9 Å². The number of hydrogen-bond donors (Lipinski definition) is 2. The zero-order valence-corrected chi connectivity index (χ0v) is 15.1. The van der Waals surface area contributed by atoms with Crippen molar-refractivity contribution in [2.45, 2.75) is 31.2 Å². The van der Waals surface area contributed by atoms with Gasteiger partial charge in [-0.1, -0.05) is 18.2 Å². The summed E-state index contributed by atoms with van der Waals surface area (Å²) >= 11 is 0. The van der Waals surface area contributed by atoms with E-state index in [1.807, 2.05) is 24.3 Å². The lowest BCUT2D eigenvalue weighted by molar-refractivity contribution is -0.136. The first-order valence-corrected chi connectivity index (χ1v) is 9.41. The molecular weight excluding hydrogens is 358 g/mol. The number of hydrogen-bond acceptors (Lipinski definition) is 5. The van der Waals surface area contributed by atoms with E-state index in [1.165, 1.54) is 0 Å². The highest BCUT2D eigenvalue weighted by atomic mass is 16.5. The average molecular weight is 377 g/mol. The molecule has 1 fully saturated rings. The van der Waals surface area contributed by atoms with Gasteiger partial charge >= 0.3 is 11.8 Å². The number of fused-ring (bicyclic) bond motifs is 2. The molecule has 5 rings (SSSR count). The smallest absolute Gasteiger partial charge is 0.313 e. The molecule has 1 aromatic heterocycles. The van der Waals surface area contributed by atoms with Crippen molar-refractivity contribution in [1.29, 1.82) is 0 Å². The second-order valence-corrected chi connectivity index (χ2v) is 7.16. The molecule has 3 aromatic rings. The minimum atomic E-state index is -0.714. The first-order chi connectivity index (χ1) is 13.7. The molecule has 0 spiro atoms. The minimum absolute atomic E-state index is 0.248.